The van der Waals surface area contributed by atoms with Gasteiger partial charge in [-0.05, 0) is 57.9 Å². The molecular formula is C26H39BrN2O4Si. The first kappa shape index (κ1) is 30.1. The SMILES string of the molecule is Br.C=C(C)C(=O)Nc1ccc(-c2ccccc2NCCC(C)[Si](OCC)(OCC)OCC)cc1. The molecule has 0 fully saturated rings. The second-order valence-electron chi connectivity index (χ2n) is 7.88. The van der Waals surface area contributed by atoms with E-state index in [1.165, 1.54) is 0 Å². The Morgan fingerprint density at radius 3 is 2.06 bits per heavy atom. The van der Waals surface area contributed by atoms with Crippen LogP contribution in [0, 0.1) is 0 Å². The van der Waals surface area contributed by atoms with Gasteiger partial charge in [-0.3, -0.25) is 4.79 Å². The molecule has 0 aliphatic heterocycles. The molecule has 2 aromatic carbocycles. The van der Waals surface area contributed by atoms with Crippen molar-refractivity contribution >= 4 is 43.1 Å². The lowest BCUT2D eigenvalue weighted by atomic mass is 10.0. The minimum Gasteiger partial charge on any atom is -0.385 e. The molecule has 6 nitrogen and oxygen atoms in total. The molecule has 0 saturated heterocycles. The van der Waals surface area contributed by atoms with Crippen LogP contribution in [0.2, 0.25) is 5.54 Å². The van der Waals surface area contributed by atoms with Crippen LogP contribution in [0.25, 0.3) is 11.1 Å². The van der Waals surface area contributed by atoms with Gasteiger partial charge in [0.1, 0.15) is 0 Å². The monoisotopic (exact) mass is 550 g/mol. The van der Waals surface area contributed by atoms with E-state index in [1.807, 2.05) is 57.2 Å². The number of carbonyl (C=O) groups excluding carboxylic acids is 1. The van der Waals surface area contributed by atoms with Crippen molar-refractivity contribution in [1.82, 2.24) is 0 Å². The second-order valence-corrected chi connectivity index (χ2v) is 10.9. The predicted octanol–water partition coefficient (Wildman–Crippen LogP) is 6.69. The molecule has 0 bridgehead atoms. The van der Waals surface area contributed by atoms with E-state index in [2.05, 4.69) is 36.3 Å². The lowest BCUT2D eigenvalue weighted by Gasteiger charge is -2.33. The first-order valence-corrected chi connectivity index (χ1v) is 13.5. The van der Waals surface area contributed by atoms with Gasteiger partial charge in [0.2, 0.25) is 0 Å². The fraction of sp³-hybridized carbons (Fsp3) is 0.423. The molecule has 0 aliphatic rings. The number of nitrogens with one attached hydrogen (secondary N) is 2. The molecule has 0 aliphatic carbocycles. The van der Waals surface area contributed by atoms with Crippen LogP contribution in [0.1, 0.15) is 41.0 Å². The van der Waals surface area contributed by atoms with Gasteiger partial charge in [0, 0.05) is 54.4 Å². The first-order chi connectivity index (χ1) is 15.9. The zero-order chi connectivity index (χ0) is 24.3. The van der Waals surface area contributed by atoms with Crippen molar-refractivity contribution in [3.63, 3.8) is 0 Å². The average molecular weight is 552 g/mol. The van der Waals surface area contributed by atoms with Gasteiger partial charge in [-0.2, -0.15) is 0 Å². The zero-order valence-corrected chi connectivity index (χ0v) is 23.7. The highest BCUT2D eigenvalue weighted by molar-refractivity contribution is 8.93. The van der Waals surface area contributed by atoms with Crippen molar-refractivity contribution in [2.24, 2.45) is 0 Å². The molecule has 2 rings (SSSR count). The molecular weight excluding hydrogens is 512 g/mol. The molecule has 1 unspecified atom stereocenters. The molecule has 0 radical (unpaired) electrons. The van der Waals surface area contributed by atoms with Gasteiger partial charge >= 0.3 is 8.80 Å². The van der Waals surface area contributed by atoms with Crippen LogP contribution < -0.4 is 10.6 Å². The molecule has 8 heteroatoms. The van der Waals surface area contributed by atoms with Crippen molar-refractivity contribution in [3.05, 3.63) is 60.7 Å². The van der Waals surface area contributed by atoms with Crippen molar-refractivity contribution in [2.75, 3.05) is 37.0 Å². The predicted molar refractivity (Wildman–Crippen MR) is 149 cm³/mol. The minimum atomic E-state index is -2.72. The maximum atomic E-state index is 11.8. The maximum Gasteiger partial charge on any atom is 0.503 e. The summed E-state index contributed by atoms with van der Waals surface area (Å²) in [5, 5.41) is 6.42. The zero-order valence-electron chi connectivity index (χ0n) is 21.0. The molecule has 1 amide bonds. The van der Waals surface area contributed by atoms with E-state index in [0.717, 1.165) is 35.5 Å². The normalized spacial score (nSPS) is 11.9. The lowest BCUT2D eigenvalue weighted by Crippen LogP contribution is -2.50. The molecule has 2 aromatic rings. The van der Waals surface area contributed by atoms with Gasteiger partial charge in [0.05, 0.1) is 0 Å². The van der Waals surface area contributed by atoms with E-state index >= 15 is 0 Å². The van der Waals surface area contributed by atoms with Gasteiger partial charge in [-0.15, -0.1) is 17.0 Å². The standard InChI is InChI=1S/C26H38N2O4Si.BrH/c1-7-30-33(31-8-2,32-9-3)21(6)18-19-27-25-13-11-10-12-24(25)22-14-16-23(17-15-22)28-26(29)20(4)5;/h10-17,21,27H,4,7-9,18-19H2,1-3,5-6H3,(H,28,29);1H. The van der Waals surface area contributed by atoms with Crippen molar-refractivity contribution < 1.29 is 18.1 Å². The van der Waals surface area contributed by atoms with E-state index in [4.69, 9.17) is 13.3 Å². The summed E-state index contributed by atoms with van der Waals surface area (Å²) >= 11 is 0. The van der Waals surface area contributed by atoms with Crippen LogP contribution in [0.4, 0.5) is 11.4 Å². The van der Waals surface area contributed by atoms with E-state index in [0.29, 0.717) is 25.4 Å². The number of anilines is 2. The van der Waals surface area contributed by atoms with Crippen LogP contribution in [-0.2, 0) is 18.1 Å². The van der Waals surface area contributed by atoms with Gasteiger partial charge < -0.3 is 23.9 Å². The van der Waals surface area contributed by atoms with Crippen molar-refractivity contribution in [3.8, 4) is 11.1 Å². The Morgan fingerprint density at radius 2 is 1.53 bits per heavy atom. The average Bonchev–Trinajstić information content (AvgIpc) is 2.80. The van der Waals surface area contributed by atoms with Crippen LogP contribution in [0.15, 0.2) is 60.7 Å². The summed E-state index contributed by atoms with van der Waals surface area (Å²) < 4.78 is 18.2. The highest BCUT2D eigenvalue weighted by atomic mass is 79.9. The van der Waals surface area contributed by atoms with Gasteiger partial charge in [0.25, 0.3) is 5.91 Å². The molecule has 34 heavy (non-hydrogen) atoms. The van der Waals surface area contributed by atoms with Crippen LogP contribution >= 0.6 is 17.0 Å². The number of amides is 1. The Bertz CT molecular complexity index is 891. The van der Waals surface area contributed by atoms with Gasteiger partial charge in [-0.1, -0.05) is 43.8 Å². The summed E-state index contributed by atoms with van der Waals surface area (Å²) in [7, 11) is -2.72. The summed E-state index contributed by atoms with van der Waals surface area (Å²) in [6.45, 7) is 16.0. The molecule has 0 saturated carbocycles. The number of hydrogen-bond acceptors (Lipinski definition) is 5. The fourth-order valence-electron chi connectivity index (χ4n) is 3.62. The Balaban J connectivity index is 0.00000578. The highest BCUT2D eigenvalue weighted by Crippen LogP contribution is 2.31. The van der Waals surface area contributed by atoms with Crippen LogP contribution in [0.5, 0.6) is 0 Å². The molecule has 188 valence electrons. The Kier molecular flexibility index (Phi) is 13.4. The fourth-order valence-corrected chi connectivity index (χ4v) is 6.42. The minimum absolute atomic E-state index is 0. The number of para-hydroxylation sites is 1. The van der Waals surface area contributed by atoms with Gasteiger partial charge in [-0.25, -0.2) is 0 Å². The second kappa shape index (κ2) is 15.1. The summed E-state index contributed by atoms with van der Waals surface area (Å²) in [6, 6.07) is 16.0. The third kappa shape index (κ3) is 8.36. The van der Waals surface area contributed by atoms with Crippen LogP contribution in [0.3, 0.4) is 0 Å². The van der Waals surface area contributed by atoms with E-state index < -0.39 is 8.80 Å². The molecule has 0 spiro atoms. The third-order valence-electron chi connectivity index (χ3n) is 5.30. The number of benzene rings is 2. The summed E-state index contributed by atoms with van der Waals surface area (Å²) in [6.07, 6.45) is 0.867. The largest absolute Gasteiger partial charge is 0.503 e. The van der Waals surface area contributed by atoms with E-state index in [-0.39, 0.29) is 28.4 Å². The number of halogens is 1. The summed E-state index contributed by atoms with van der Waals surface area (Å²) in [5.74, 6) is -0.176. The Labute approximate surface area is 216 Å². The number of carbonyl (C=O) groups is 1. The van der Waals surface area contributed by atoms with Crippen molar-refractivity contribution in [1.29, 1.82) is 0 Å². The quantitative estimate of drug-likeness (QED) is 0.202. The third-order valence-corrected chi connectivity index (χ3v) is 8.87. The van der Waals surface area contributed by atoms with E-state index in [9.17, 15) is 4.79 Å². The Hall–Kier alpha value is -1.97. The van der Waals surface area contributed by atoms with E-state index in [1.54, 1.807) is 6.92 Å². The molecule has 1 atom stereocenters. The number of rotatable bonds is 14. The molecule has 0 aromatic heterocycles. The summed E-state index contributed by atoms with van der Waals surface area (Å²) in [5.41, 5.74) is 4.63. The Morgan fingerprint density at radius 1 is 0.971 bits per heavy atom. The molecule has 2 N–H and O–H groups in total. The van der Waals surface area contributed by atoms with Gasteiger partial charge in [0.15, 0.2) is 0 Å². The number of hydrogen-bond donors (Lipinski definition) is 2. The van der Waals surface area contributed by atoms with Crippen LogP contribution in [-0.4, -0.2) is 41.1 Å². The molecule has 0 heterocycles. The summed E-state index contributed by atoms with van der Waals surface area (Å²) in [4.78, 5) is 11.8. The highest BCUT2D eigenvalue weighted by Gasteiger charge is 2.46. The lowest BCUT2D eigenvalue weighted by molar-refractivity contribution is -0.112. The maximum absolute atomic E-state index is 11.8. The first-order valence-electron chi connectivity index (χ1n) is 11.7. The topological polar surface area (TPSA) is 68.8 Å². The smallest absolute Gasteiger partial charge is 0.385 e. The van der Waals surface area contributed by atoms with Crippen molar-refractivity contribution in [2.45, 2.75) is 46.6 Å².